The fourth-order valence-electron chi connectivity index (χ4n) is 1.26. The fraction of sp³-hybridized carbons (Fsp3) is 1.00. The second-order valence-electron chi connectivity index (χ2n) is 3.55. The molecular formula is C10H23NOS. The van der Waals surface area contributed by atoms with Crippen molar-refractivity contribution < 1.29 is 4.74 Å². The topological polar surface area (TPSA) is 12.5 Å². The molecule has 0 aliphatic rings. The van der Waals surface area contributed by atoms with E-state index in [1.54, 1.807) is 7.11 Å². The molecule has 0 saturated heterocycles. The van der Waals surface area contributed by atoms with E-state index in [-0.39, 0.29) is 0 Å². The van der Waals surface area contributed by atoms with Crippen LogP contribution < -0.4 is 0 Å². The van der Waals surface area contributed by atoms with Crippen LogP contribution in [0.1, 0.15) is 26.7 Å². The van der Waals surface area contributed by atoms with Gasteiger partial charge in [0.15, 0.2) is 0 Å². The first kappa shape index (κ1) is 13.3. The van der Waals surface area contributed by atoms with Gasteiger partial charge in [0, 0.05) is 19.7 Å². The molecule has 0 heterocycles. The van der Waals surface area contributed by atoms with E-state index in [0.717, 1.165) is 18.9 Å². The number of unbranched alkanes of at least 4 members (excludes halogenated alkanes) is 1. The minimum atomic E-state index is 0.620. The summed E-state index contributed by atoms with van der Waals surface area (Å²) < 4.78 is 5.07. The van der Waals surface area contributed by atoms with Gasteiger partial charge in [-0.2, -0.15) is 12.6 Å². The summed E-state index contributed by atoms with van der Waals surface area (Å²) in [6.45, 7) is 7.51. The van der Waals surface area contributed by atoms with Gasteiger partial charge in [-0.3, -0.25) is 4.90 Å². The van der Waals surface area contributed by atoms with Crippen molar-refractivity contribution in [2.75, 3.05) is 32.6 Å². The lowest BCUT2D eigenvalue weighted by Crippen LogP contribution is -2.34. The molecule has 0 bridgehead atoms. The van der Waals surface area contributed by atoms with Crippen molar-refractivity contribution in [2.24, 2.45) is 0 Å². The molecule has 0 N–H and O–H groups in total. The molecule has 3 heteroatoms. The molecule has 13 heavy (non-hydrogen) atoms. The van der Waals surface area contributed by atoms with Crippen LogP contribution in [0.3, 0.4) is 0 Å². The van der Waals surface area contributed by atoms with E-state index in [9.17, 15) is 0 Å². The second kappa shape index (κ2) is 8.85. The zero-order valence-electron chi connectivity index (χ0n) is 9.12. The summed E-state index contributed by atoms with van der Waals surface area (Å²) in [7, 11) is 1.76. The number of hydrogen-bond acceptors (Lipinski definition) is 3. The van der Waals surface area contributed by atoms with Crippen LogP contribution in [0.25, 0.3) is 0 Å². The molecule has 0 rings (SSSR count). The highest BCUT2D eigenvalue weighted by atomic mass is 32.1. The average molecular weight is 205 g/mol. The Kier molecular flexibility index (Phi) is 9.03. The Labute approximate surface area is 88.1 Å². The van der Waals surface area contributed by atoms with Gasteiger partial charge in [0.2, 0.25) is 0 Å². The van der Waals surface area contributed by atoms with Crippen molar-refractivity contribution in [3.05, 3.63) is 0 Å². The van der Waals surface area contributed by atoms with Gasteiger partial charge in [0.1, 0.15) is 0 Å². The molecule has 0 atom stereocenters. The van der Waals surface area contributed by atoms with Gasteiger partial charge < -0.3 is 4.74 Å². The first-order valence-electron chi connectivity index (χ1n) is 5.06. The smallest absolute Gasteiger partial charge is 0.0589 e. The Hall–Kier alpha value is 0.270. The molecule has 2 nitrogen and oxygen atoms in total. The molecule has 0 aromatic carbocycles. The van der Waals surface area contributed by atoms with Crippen molar-refractivity contribution in [1.82, 2.24) is 4.90 Å². The molecule has 0 fully saturated rings. The largest absolute Gasteiger partial charge is 0.383 e. The van der Waals surface area contributed by atoms with Crippen molar-refractivity contribution >= 4 is 12.6 Å². The van der Waals surface area contributed by atoms with Crippen LogP contribution in [0.15, 0.2) is 0 Å². The van der Waals surface area contributed by atoms with E-state index in [1.807, 2.05) is 0 Å². The van der Waals surface area contributed by atoms with Crippen LogP contribution in [0.5, 0.6) is 0 Å². The Morgan fingerprint density at radius 1 is 1.23 bits per heavy atom. The highest BCUT2D eigenvalue weighted by Crippen LogP contribution is 2.01. The molecule has 0 spiro atoms. The zero-order valence-corrected chi connectivity index (χ0v) is 10.0. The number of methoxy groups -OCH3 is 1. The van der Waals surface area contributed by atoms with E-state index >= 15 is 0 Å². The molecular weight excluding hydrogens is 182 g/mol. The van der Waals surface area contributed by atoms with Crippen molar-refractivity contribution in [3.63, 3.8) is 0 Å². The maximum absolute atomic E-state index is 5.07. The van der Waals surface area contributed by atoms with E-state index < -0.39 is 0 Å². The van der Waals surface area contributed by atoms with Gasteiger partial charge in [-0.05, 0) is 39.0 Å². The highest BCUT2D eigenvalue weighted by Gasteiger charge is 2.07. The molecule has 0 aliphatic heterocycles. The summed E-state index contributed by atoms with van der Waals surface area (Å²) in [6, 6.07) is 0.620. The molecule has 0 aromatic heterocycles. The molecule has 0 unspecified atom stereocenters. The predicted molar refractivity (Wildman–Crippen MR) is 61.7 cm³/mol. The number of hydrogen-bond donors (Lipinski definition) is 1. The van der Waals surface area contributed by atoms with E-state index in [2.05, 4.69) is 31.4 Å². The van der Waals surface area contributed by atoms with Crippen LogP contribution in [0, 0.1) is 0 Å². The van der Waals surface area contributed by atoms with Gasteiger partial charge in [-0.15, -0.1) is 0 Å². The second-order valence-corrected chi connectivity index (χ2v) is 4.00. The average Bonchev–Trinajstić information content (AvgIpc) is 2.10. The van der Waals surface area contributed by atoms with E-state index in [0.29, 0.717) is 6.04 Å². The maximum atomic E-state index is 5.07. The molecule has 80 valence electrons. The summed E-state index contributed by atoms with van der Waals surface area (Å²) in [5.74, 6) is 0.996. The summed E-state index contributed by atoms with van der Waals surface area (Å²) in [6.07, 6.45) is 2.45. The molecule has 0 aromatic rings. The quantitative estimate of drug-likeness (QED) is 0.481. The highest BCUT2D eigenvalue weighted by molar-refractivity contribution is 7.80. The summed E-state index contributed by atoms with van der Waals surface area (Å²) in [5, 5.41) is 0. The van der Waals surface area contributed by atoms with Gasteiger partial charge >= 0.3 is 0 Å². The Morgan fingerprint density at radius 3 is 2.38 bits per heavy atom. The van der Waals surface area contributed by atoms with Crippen molar-refractivity contribution in [3.8, 4) is 0 Å². The van der Waals surface area contributed by atoms with E-state index in [4.69, 9.17) is 4.74 Å². The van der Waals surface area contributed by atoms with Crippen LogP contribution >= 0.6 is 12.6 Å². The normalized spacial score (nSPS) is 11.5. The first-order valence-corrected chi connectivity index (χ1v) is 5.69. The Balaban J connectivity index is 3.54. The Morgan fingerprint density at radius 2 is 1.92 bits per heavy atom. The van der Waals surface area contributed by atoms with Crippen molar-refractivity contribution in [2.45, 2.75) is 32.7 Å². The minimum absolute atomic E-state index is 0.620. The third-order valence-electron chi connectivity index (χ3n) is 2.17. The van der Waals surface area contributed by atoms with Crippen molar-refractivity contribution in [1.29, 1.82) is 0 Å². The molecule has 0 saturated carbocycles. The molecule has 0 aliphatic carbocycles. The van der Waals surface area contributed by atoms with E-state index in [1.165, 1.54) is 19.4 Å². The van der Waals surface area contributed by atoms with Crippen LogP contribution in [0.2, 0.25) is 0 Å². The Bertz CT molecular complexity index is 109. The predicted octanol–water partition coefficient (Wildman–Crippen LogP) is 2.05. The SMILES string of the molecule is COCCN(CCCCS)C(C)C. The first-order chi connectivity index (χ1) is 6.22. The van der Waals surface area contributed by atoms with Gasteiger partial charge in [-0.1, -0.05) is 0 Å². The van der Waals surface area contributed by atoms with Crippen LogP contribution in [-0.4, -0.2) is 43.5 Å². The monoisotopic (exact) mass is 205 g/mol. The lowest BCUT2D eigenvalue weighted by Gasteiger charge is -2.25. The number of thiol groups is 1. The van der Waals surface area contributed by atoms with Crippen LogP contribution in [0.4, 0.5) is 0 Å². The zero-order chi connectivity index (χ0) is 10.1. The molecule has 0 radical (unpaired) electrons. The summed E-state index contributed by atoms with van der Waals surface area (Å²) in [5.41, 5.74) is 0. The maximum Gasteiger partial charge on any atom is 0.0589 e. The fourth-order valence-corrected chi connectivity index (χ4v) is 1.49. The van der Waals surface area contributed by atoms with Crippen LogP contribution in [-0.2, 0) is 4.74 Å². The summed E-state index contributed by atoms with van der Waals surface area (Å²) in [4.78, 5) is 2.45. The number of rotatable bonds is 8. The number of ether oxygens (including phenoxy) is 1. The third kappa shape index (κ3) is 7.35. The van der Waals surface area contributed by atoms with Gasteiger partial charge in [0.05, 0.1) is 6.61 Å². The minimum Gasteiger partial charge on any atom is -0.383 e. The number of nitrogens with zero attached hydrogens (tertiary/aromatic N) is 1. The standard InChI is InChI=1S/C10H23NOS/c1-10(2)11(7-8-12-3)6-4-5-9-13/h10,13H,4-9H2,1-3H3. The summed E-state index contributed by atoms with van der Waals surface area (Å²) >= 11 is 4.20. The third-order valence-corrected chi connectivity index (χ3v) is 2.48. The molecule has 0 amide bonds. The van der Waals surface area contributed by atoms with Gasteiger partial charge in [0.25, 0.3) is 0 Å². The van der Waals surface area contributed by atoms with Gasteiger partial charge in [-0.25, -0.2) is 0 Å². The lowest BCUT2D eigenvalue weighted by molar-refractivity contribution is 0.128. The lowest BCUT2D eigenvalue weighted by atomic mass is 10.2.